The lowest BCUT2D eigenvalue weighted by Crippen LogP contribution is -2.36. The van der Waals surface area contributed by atoms with E-state index < -0.39 is 15.8 Å². The summed E-state index contributed by atoms with van der Waals surface area (Å²) in [6.45, 7) is 2.39. The number of halogens is 3. The van der Waals surface area contributed by atoms with Crippen LogP contribution in [0.4, 0.5) is 15.8 Å². The van der Waals surface area contributed by atoms with Crippen LogP contribution < -0.4 is 9.62 Å². The Balaban J connectivity index is 1.95. The van der Waals surface area contributed by atoms with Gasteiger partial charge in [-0.25, -0.2) is 12.8 Å². The number of hydrogen-bond donors (Lipinski definition) is 1. The van der Waals surface area contributed by atoms with E-state index in [1.54, 1.807) is 12.1 Å². The molecule has 1 aliphatic heterocycles. The van der Waals surface area contributed by atoms with E-state index in [1.807, 2.05) is 4.90 Å². The minimum atomic E-state index is -3.95. The van der Waals surface area contributed by atoms with Crippen LogP contribution in [0.1, 0.15) is 0 Å². The number of ether oxygens (including phenoxy) is 1. The number of rotatable bonds is 4. The maximum absolute atomic E-state index is 13.3. The minimum absolute atomic E-state index is 0.133. The minimum Gasteiger partial charge on any atom is -0.378 e. The number of benzene rings is 2. The maximum atomic E-state index is 13.3. The number of sulfonamides is 1. The molecule has 25 heavy (non-hydrogen) atoms. The Morgan fingerprint density at radius 1 is 1.08 bits per heavy atom. The van der Waals surface area contributed by atoms with Crippen molar-refractivity contribution in [2.45, 2.75) is 4.90 Å². The molecule has 0 spiro atoms. The van der Waals surface area contributed by atoms with E-state index >= 15 is 0 Å². The van der Waals surface area contributed by atoms with Gasteiger partial charge in [-0.15, -0.1) is 0 Å². The molecule has 9 heteroatoms. The normalized spacial score (nSPS) is 15.2. The van der Waals surface area contributed by atoms with Crippen molar-refractivity contribution < 1.29 is 17.5 Å². The van der Waals surface area contributed by atoms with Crippen molar-refractivity contribution in [2.24, 2.45) is 0 Å². The van der Waals surface area contributed by atoms with E-state index in [2.05, 4.69) is 4.72 Å². The third-order valence-corrected chi connectivity index (χ3v) is 5.64. The highest BCUT2D eigenvalue weighted by molar-refractivity contribution is 7.92. The molecule has 1 N–H and O–H groups in total. The molecule has 0 radical (unpaired) electrons. The van der Waals surface area contributed by atoms with Gasteiger partial charge in [0.1, 0.15) is 5.82 Å². The zero-order chi connectivity index (χ0) is 18.0. The van der Waals surface area contributed by atoms with Gasteiger partial charge >= 0.3 is 0 Å². The molecule has 3 rings (SSSR count). The molecule has 2 aromatic carbocycles. The number of anilines is 2. The largest absolute Gasteiger partial charge is 0.378 e. The van der Waals surface area contributed by atoms with Crippen LogP contribution in [0.25, 0.3) is 0 Å². The Hall–Kier alpha value is -1.54. The van der Waals surface area contributed by atoms with Gasteiger partial charge in [0.25, 0.3) is 10.0 Å². The van der Waals surface area contributed by atoms with Gasteiger partial charge in [0, 0.05) is 18.1 Å². The molecule has 0 unspecified atom stereocenters. The van der Waals surface area contributed by atoms with Crippen LogP contribution in [0.15, 0.2) is 41.3 Å². The number of hydrogen-bond acceptors (Lipinski definition) is 4. The third-order valence-electron chi connectivity index (χ3n) is 3.76. The summed E-state index contributed by atoms with van der Waals surface area (Å²) < 4.78 is 46.4. The average molecular weight is 405 g/mol. The molecule has 1 heterocycles. The summed E-state index contributed by atoms with van der Waals surface area (Å²) in [7, 11) is -3.95. The van der Waals surface area contributed by atoms with Gasteiger partial charge < -0.3 is 9.64 Å². The Labute approximate surface area is 155 Å². The summed E-state index contributed by atoms with van der Waals surface area (Å²) in [5, 5.41) is 0.134. The highest BCUT2D eigenvalue weighted by atomic mass is 35.5. The summed E-state index contributed by atoms with van der Waals surface area (Å²) in [4.78, 5) is 1.88. The van der Waals surface area contributed by atoms with Crippen molar-refractivity contribution in [1.29, 1.82) is 0 Å². The first kappa shape index (κ1) is 18.3. The molecular weight excluding hydrogens is 390 g/mol. The lowest BCUT2D eigenvalue weighted by atomic mass is 10.2. The van der Waals surface area contributed by atoms with Crippen LogP contribution in [0, 0.1) is 5.82 Å². The molecule has 1 fully saturated rings. The predicted octanol–water partition coefficient (Wildman–Crippen LogP) is 3.77. The average Bonchev–Trinajstić information content (AvgIpc) is 2.58. The van der Waals surface area contributed by atoms with Crippen LogP contribution >= 0.6 is 23.2 Å². The first-order valence-electron chi connectivity index (χ1n) is 7.47. The SMILES string of the molecule is O=S(=O)(Nc1cc(Cl)ccc1N1CCOCC1)c1ccc(F)c(Cl)c1. The van der Waals surface area contributed by atoms with Crippen LogP contribution in [0.3, 0.4) is 0 Å². The first-order chi connectivity index (χ1) is 11.9. The predicted molar refractivity (Wildman–Crippen MR) is 96.7 cm³/mol. The van der Waals surface area contributed by atoms with Gasteiger partial charge in [-0.2, -0.15) is 0 Å². The van der Waals surface area contributed by atoms with E-state index in [1.165, 1.54) is 6.07 Å². The van der Waals surface area contributed by atoms with Crippen LogP contribution in [0.2, 0.25) is 10.0 Å². The molecule has 0 amide bonds. The Morgan fingerprint density at radius 2 is 1.80 bits per heavy atom. The van der Waals surface area contributed by atoms with Crippen LogP contribution in [-0.4, -0.2) is 34.7 Å². The highest BCUT2D eigenvalue weighted by Crippen LogP contribution is 2.32. The second-order valence-electron chi connectivity index (χ2n) is 5.44. The fourth-order valence-electron chi connectivity index (χ4n) is 2.52. The zero-order valence-corrected chi connectivity index (χ0v) is 15.3. The monoisotopic (exact) mass is 404 g/mol. The fourth-order valence-corrected chi connectivity index (χ4v) is 4.03. The second-order valence-corrected chi connectivity index (χ2v) is 7.97. The number of nitrogens with one attached hydrogen (secondary N) is 1. The molecule has 1 saturated heterocycles. The molecule has 2 aromatic rings. The molecule has 0 aliphatic carbocycles. The Morgan fingerprint density at radius 3 is 2.48 bits per heavy atom. The third kappa shape index (κ3) is 4.17. The molecule has 0 atom stereocenters. The topological polar surface area (TPSA) is 58.6 Å². The van der Waals surface area contributed by atoms with Crippen LogP contribution in [0.5, 0.6) is 0 Å². The molecule has 1 aliphatic rings. The van der Waals surface area contributed by atoms with Crippen molar-refractivity contribution in [2.75, 3.05) is 35.9 Å². The Bertz CT molecular complexity index is 887. The van der Waals surface area contributed by atoms with Gasteiger partial charge in [-0.3, -0.25) is 4.72 Å². The zero-order valence-electron chi connectivity index (χ0n) is 13.0. The standard InChI is InChI=1S/C16H15Cl2FN2O3S/c17-11-1-4-16(21-5-7-24-8-6-21)15(9-11)20-25(22,23)12-2-3-14(19)13(18)10-12/h1-4,9-10,20H,5-8H2. The van der Waals surface area contributed by atoms with E-state index in [4.69, 9.17) is 27.9 Å². The molecule has 5 nitrogen and oxygen atoms in total. The lowest BCUT2D eigenvalue weighted by Gasteiger charge is -2.30. The number of nitrogens with zero attached hydrogens (tertiary/aromatic N) is 1. The highest BCUT2D eigenvalue weighted by Gasteiger charge is 2.21. The molecular formula is C16H15Cl2FN2O3S. The van der Waals surface area contributed by atoms with Gasteiger partial charge in [-0.1, -0.05) is 23.2 Å². The lowest BCUT2D eigenvalue weighted by molar-refractivity contribution is 0.123. The summed E-state index contributed by atoms with van der Waals surface area (Å²) in [6, 6.07) is 8.22. The van der Waals surface area contributed by atoms with Gasteiger partial charge in [-0.05, 0) is 36.4 Å². The Kier molecular flexibility index (Phi) is 5.38. The fraction of sp³-hybridized carbons (Fsp3) is 0.250. The molecule has 0 bridgehead atoms. The van der Waals surface area contributed by atoms with Gasteiger partial charge in [0.05, 0.1) is 34.5 Å². The van der Waals surface area contributed by atoms with E-state index in [-0.39, 0.29) is 9.92 Å². The molecule has 0 aromatic heterocycles. The van der Waals surface area contributed by atoms with Crippen molar-refractivity contribution in [1.82, 2.24) is 0 Å². The van der Waals surface area contributed by atoms with Crippen molar-refractivity contribution in [3.8, 4) is 0 Å². The van der Waals surface area contributed by atoms with Crippen molar-refractivity contribution >= 4 is 44.6 Å². The maximum Gasteiger partial charge on any atom is 0.262 e. The van der Waals surface area contributed by atoms with Gasteiger partial charge in [0.2, 0.25) is 0 Å². The molecule has 0 saturated carbocycles. The molecule has 134 valence electrons. The van der Waals surface area contributed by atoms with E-state index in [0.717, 1.165) is 18.2 Å². The quantitative estimate of drug-likeness (QED) is 0.842. The number of morpholine rings is 1. The van der Waals surface area contributed by atoms with Crippen molar-refractivity contribution in [3.05, 3.63) is 52.3 Å². The first-order valence-corrected chi connectivity index (χ1v) is 9.71. The summed E-state index contributed by atoms with van der Waals surface area (Å²) in [6.07, 6.45) is 0. The summed E-state index contributed by atoms with van der Waals surface area (Å²) >= 11 is 11.7. The van der Waals surface area contributed by atoms with E-state index in [9.17, 15) is 12.8 Å². The summed E-state index contributed by atoms with van der Waals surface area (Å²) in [5.74, 6) is -0.683. The van der Waals surface area contributed by atoms with Gasteiger partial charge in [0.15, 0.2) is 0 Å². The van der Waals surface area contributed by atoms with Crippen molar-refractivity contribution in [3.63, 3.8) is 0 Å². The second kappa shape index (κ2) is 7.37. The van der Waals surface area contributed by atoms with Crippen LogP contribution in [-0.2, 0) is 14.8 Å². The smallest absolute Gasteiger partial charge is 0.262 e. The summed E-state index contributed by atoms with van der Waals surface area (Å²) in [5.41, 5.74) is 1.04. The van der Waals surface area contributed by atoms with E-state index in [0.29, 0.717) is 42.7 Å².